The fourth-order valence-electron chi connectivity index (χ4n) is 5.12. The van der Waals surface area contributed by atoms with E-state index in [1.165, 1.54) is 19.1 Å². The predicted molar refractivity (Wildman–Crippen MR) is 161 cm³/mol. The molecule has 0 spiro atoms. The monoisotopic (exact) mass is 630 g/mol. The van der Waals surface area contributed by atoms with Gasteiger partial charge in [0, 0.05) is 6.92 Å². The maximum Gasteiger partial charge on any atom is 0.410 e. The van der Waals surface area contributed by atoms with Crippen molar-refractivity contribution in [1.29, 1.82) is 0 Å². The van der Waals surface area contributed by atoms with Crippen LogP contribution in [0.25, 0.3) is 0 Å². The molecule has 0 radical (unpaired) electrons. The first-order chi connectivity index (χ1) is 20.8. The van der Waals surface area contributed by atoms with Crippen LogP contribution in [0.3, 0.4) is 0 Å². The molecule has 1 amide bonds. The van der Waals surface area contributed by atoms with Gasteiger partial charge in [0.15, 0.2) is 5.60 Å². The average Bonchev–Trinajstić information content (AvgIpc) is 2.95. The Morgan fingerprint density at radius 3 is 2.36 bits per heavy atom. The summed E-state index contributed by atoms with van der Waals surface area (Å²) in [5.41, 5.74) is -0.638. The van der Waals surface area contributed by atoms with Crippen LogP contribution in [-0.4, -0.2) is 62.3 Å². The number of hydrogen-bond donors (Lipinski definition) is 2. The van der Waals surface area contributed by atoms with Crippen molar-refractivity contribution in [3.05, 3.63) is 78.1 Å². The lowest BCUT2D eigenvalue weighted by atomic mass is 9.87. The minimum atomic E-state index is -1.43. The number of esters is 1. The van der Waals surface area contributed by atoms with Gasteiger partial charge in [0.2, 0.25) is 6.29 Å². The summed E-state index contributed by atoms with van der Waals surface area (Å²) in [5.74, 6) is -1.82. The van der Waals surface area contributed by atoms with E-state index >= 15 is 0 Å². The summed E-state index contributed by atoms with van der Waals surface area (Å²) in [6.07, 6.45) is 2.68. The van der Waals surface area contributed by atoms with E-state index in [4.69, 9.17) is 14.2 Å². The molecule has 0 saturated carbocycles. The quantitative estimate of drug-likeness (QED) is 0.203. The first-order valence-electron chi connectivity index (χ1n) is 14.5. The van der Waals surface area contributed by atoms with E-state index in [0.717, 1.165) is 5.56 Å². The molecule has 1 aliphatic carbocycles. The third-order valence-corrected chi connectivity index (χ3v) is 9.14. The van der Waals surface area contributed by atoms with E-state index in [1.54, 1.807) is 32.9 Å². The zero-order valence-corrected chi connectivity index (χ0v) is 26.1. The van der Waals surface area contributed by atoms with Crippen LogP contribution in [0, 0.1) is 17.2 Å². The number of ether oxygens (including phenoxy) is 3. The van der Waals surface area contributed by atoms with Gasteiger partial charge in [-0.05, 0) is 75.8 Å². The van der Waals surface area contributed by atoms with E-state index in [-0.39, 0.29) is 23.4 Å². The number of carbonyl (C=O) groups excluding carboxylic acids is 2. The Balaban J connectivity index is 1.34. The standard InChI is InChI=1S/C32H39FN2O8S/c1-21(41-29(38)31(2,3)4)42-30(39)34-27(28(36)37)18-22-9-8-12-26(17-22)44(40)35-19-32(20-35,23-10-6-5-7-11-23)43-25-15-13-24(33)14-16-25/h5-8,10-16,21-22,26-27H,9,17-20H2,1-4H3,(H,34,39)(H,36,37)/t21-,22?,26?,27?,44?/m0/s1. The normalized spacial score (nSPS) is 21.7. The molecule has 2 aromatic carbocycles. The average molecular weight is 631 g/mol. The molecule has 0 aromatic heterocycles. The SMILES string of the molecule is C[C@H](OC(=O)NC(CC1CC=CC(S(=O)N2CC(Oc3ccc(F)cc3)(c3ccccc3)C2)C1)C(=O)O)OC(=O)C(C)(C)C. The fraction of sp³-hybridized carbons (Fsp3) is 0.469. The number of carboxylic acid groups (broad SMARTS) is 1. The molecule has 10 nitrogen and oxygen atoms in total. The summed E-state index contributed by atoms with van der Waals surface area (Å²) >= 11 is 0. The Labute approximate surface area is 259 Å². The second-order valence-corrected chi connectivity index (χ2v) is 13.9. The van der Waals surface area contributed by atoms with Gasteiger partial charge in [-0.1, -0.05) is 42.5 Å². The Bertz CT molecular complexity index is 1370. The van der Waals surface area contributed by atoms with Crippen LogP contribution in [0.5, 0.6) is 5.75 Å². The topological polar surface area (TPSA) is 131 Å². The zero-order chi connectivity index (χ0) is 32.1. The van der Waals surface area contributed by atoms with Crippen molar-refractivity contribution in [3.8, 4) is 5.75 Å². The smallest absolute Gasteiger partial charge is 0.410 e. The second kappa shape index (κ2) is 13.9. The van der Waals surface area contributed by atoms with Gasteiger partial charge in [-0.3, -0.25) is 4.79 Å². The summed E-state index contributed by atoms with van der Waals surface area (Å²) < 4.78 is 45.4. The highest BCUT2D eigenvalue weighted by Gasteiger charge is 2.50. The maximum atomic E-state index is 13.7. The van der Waals surface area contributed by atoms with E-state index in [1.807, 2.05) is 46.8 Å². The Hall–Kier alpha value is -3.77. The highest BCUT2D eigenvalue weighted by Crippen LogP contribution is 2.39. The molecule has 2 aromatic rings. The molecule has 2 N–H and O–H groups in total. The van der Waals surface area contributed by atoms with Gasteiger partial charge in [-0.2, -0.15) is 0 Å². The molecule has 1 aliphatic heterocycles. The molecule has 12 heteroatoms. The molecule has 1 saturated heterocycles. The number of hydrogen-bond acceptors (Lipinski definition) is 7. The lowest BCUT2D eigenvalue weighted by Crippen LogP contribution is -2.63. The number of benzene rings is 2. The van der Waals surface area contributed by atoms with Crippen molar-refractivity contribution >= 4 is 29.0 Å². The number of amides is 1. The van der Waals surface area contributed by atoms with E-state index < -0.39 is 52.4 Å². The minimum absolute atomic E-state index is 0.0975. The van der Waals surface area contributed by atoms with Crippen LogP contribution < -0.4 is 10.1 Å². The molecule has 4 rings (SSSR count). The summed E-state index contributed by atoms with van der Waals surface area (Å²) in [6.45, 7) is 7.04. The third kappa shape index (κ3) is 8.44. The Morgan fingerprint density at radius 1 is 1.09 bits per heavy atom. The van der Waals surface area contributed by atoms with E-state index in [9.17, 15) is 28.1 Å². The molecule has 1 heterocycles. The zero-order valence-electron chi connectivity index (χ0n) is 25.2. The summed E-state index contributed by atoms with van der Waals surface area (Å²) in [4.78, 5) is 36.4. The number of halogens is 1. The van der Waals surface area contributed by atoms with Gasteiger partial charge in [0.05, 0.1) is 23.8 Å². The van der Waals surface area contributed by atoms with Gasteiger partial charge in [0.1, 0.15) is 28.6 Å². The first kappa shape index (κ1) is 33.1. The van der Waals surface area contributed by atoms with Crippen LogP contribution in [0.4, 0.5) is 9.18 Å². The Morgan fingerprint density at radius 2 is 1.75 bits per heavy atom. The van der Waals surface area contributed by atoms with Crippen molar-refractivity contribution < 1.29 is 42.3 Å². The van der Waals surface area contributed by atoms with E-state index in [2.05, 4.69) is 5.32 Å². The lowest BCUT2D eigenvalue weighted by molar-refractivity contribution is -0.174. The van der Waals surface area contributed by atoms with Crippen molar-refractivity contribution in [2.45, 2.75) is 70.1 Å². The maximum absolute atomic E-state index is 13.7. The number of rotatable bonds is 11. The molecule has 1 fully saturated rings. The molecule has 0 bridgehead atoms. The number of carboxylic acids is 1. The number of carbonyl (C=O) groups is 3. The fourth-order valence-corrected chi connectivity index (χ4v) is 6.86. The number of alkyl carbamates (subject to hydrolysis) is 1. The van der Waals surface area contributed by atoms with Crippen molar-refractivity contribution in [2.24, 2.45) is 11.3 Å². The van der Waals surface area contributed by atoms with Crippen molar-refractivity contribution in [3.63, 3.8) is 0 Å². The van der Waals surface area contributed by atoms with Crippen LogP contribution in [0.15, 0.2) is 66.7 Å². The first-order valence-corrected chi connectivity index (χ1v) is 15.7. The molecular weight excluding hydrogens is 591 g/mol. The highest BCUT2D eigenvalue weighted by atomic mass is 32.2. The molecule has 5 atom stereocenters. The van der Waals surface area contributed by atoms with Gasteiger partial charge >= 0.3 is 18.0 Å². The summed E-state index contributed by atoms with van der Waals surface area (Å²) in [7, 11) is -1.43. The van der Waals surface area contributed by atoms with E-state index in [0.29, 0.717) is 31.7 Å². The number of nitrogens with one attached hydrogen (secondary N) is 1. The molecule has 2 aliphatic rings. The molecule has 238 valence electrons. The molecule has 44 heavy (non-hydrogen) atoms. The number of aliphatic carboxylic acids is 1. The van der Waals surface area contributed by atoms with Gasteiger partial charge < -0.3 is 24.6 Å². The van der Waals surface area contributed by atoms with Crippen LogP contribution in [-0.2, 0) is 35.6 Å². The summed E-state index contributed by atoms with van der Waals surface area (Å²) in [5, 5.41) is 11.8. The third-order valence-electron chi connectivity index (χ3n) is 7.51. The van der Waals surface area contributed by atoms with Gasteiger partial charge in [-0.25, -0.2) is 22.5 Å². The molecule has 4 unspecified atom stereocenters. The highest BCUT2D eigenvalue weighted by molar-refractivity contribution is 7.83. The molecular formula is C32H39FN2O8S. The summed E-state index contributed by atoms with van der Waals surface area (Å²) in [6, 6.07) is 14.1. The number of allylic oxidation sites excluding steroid dienone is 1. The van der Waals surface area contributed by atoms with Crippen LogP contribution >= 0.6 is 0 Å². The van der Waals surface area contributed by atoms with Crippen LogP contribution in [0.2, 0.25) is 0 Å². The minimum Gasteiger partial charge on any atom is -0.480 e. The largest absolute Gasteiger partial charge is 0.480 e. The van der Waals surface area contributed by atoms with Crippen molar-refractivity contribution in [1.82, 2.24) is 9.62 Å². The Kier molecular flexibility index (Phi) is 10.5. The van der Waals surface area contributed by atoms with Gasteiger partial charge in [0.25, 0.3) is 0 Å². The van der Waals surface area contributed by atoms with Gasteiger partial charge in [-0.15, -0.1) is 0 Å². The second-order valence-electron chi connectivity index (χ2n) is 12.2. The predicted octanol–water partition coefficient (Wildman–Crippen LogP) is 4.92. The lowest BCUT2D eigenvalue weighted by Gasteiger charge is -2.49. The van der Waals surface area contributed by atoms with Crippen molar-refractivity contribution in [2.75, 3.05) is 13.1 Å². The van der Waals surface area contributed by atoms with Crippen LogP contribution in [0.1, 0.15) is 52.5 Å². The number of nitrogens with zero attached hydrogens (tertiary/aromatic N) is 1.